The Morgan fingerprint density at radius 1 is 0.971 bits per heavy atom. The standard InChI is InChI=1S/C26H19ClN2O6/c1-29-23(22(15-7-3-2-4-8-15)17-9-5-6-10-18(17)24(29)31)26(34)35-14-21(30)28-16-11-12-20(27)19(13-16)25(32)33/h2-13H,14H2,1H3,(H,28,30)(H,32,33). The van der Waals surface area contributed by atoms with Crippen LogP contribution < -0.4 is 10.9 Å². The molecule has 0 aliphatic rings. The van der Waals surface area contributed by atoms with Crippen molar-refractivity contribution >= 4 is 45.9 Å². The van der Waals surface area contributed by atoms with E-state index in [1.165, 1.54) is 29.8 Å². The van der Waals surface area contributed by atoms with Gasteiger partial charge in [0, 0.05) is 23.7 Å². The van der Waals surface area contributed by atoms with Crippen LogP contribution in [0.3, 0.4) is 0 Å². The van der Waals surface area contributed by atoms with Crippen molar-refractivity contribution in [3.05, 3.63) is 99.4 Å². The quantitative estimate of drug-likeness (QED) is 0.388. The number of nitrogens with zero attached hydrogens (tertiary/aromatic N) is 1. The van der Waals surface area contributed by atoms with E-state index in [9.17, 15) is 24.3 Å². The molecule has 1 amide bonds. The van der Waals surface area contributed by atoms with E-state index < -0.39 is 24.5 Å². The molecule has 0 bridgehead atoms. The zero-order chi connectivity index (χ0) is 25.1. The number of carbonyl (C=O) groups excluding carboxylic acids is 2. The zero-order valence-electron chi connectivity index (χ0n) is 18.4. The summed E-state index contributed by atoms with van der Waals surface area (Å²) in [5.41, 5.74) is 0.845. The number of halogens is 1. The molecule has 0 radical (unpaired) electrons. The van der Waals surface area contributed by atoms with Gasteiger partial charge in [0.25, 0.3) is 11.5 Å². The van der Waals surface area contributed by atoms with Gasteiger partial charge in [-0.25, -0.2) is 9.59 Å². The van der Waals surface area contributed by atoms with Crippen LogP contribution in [0.1, 0.15) is 20.8 Å². The molecule has 2 N–H and O–H groups in total. The van der Waals surface area contributed by atoms with E-state index in [1.807, 2.05) is 30.3 Å². The highest BCUT2D eigenvalue weighted by atomic mass is 35.5. The third-order valence-electron chi connectivity index (χ3n) is 5.37. The maximum atomic E-state index is 13.1. The second-order valence-corrected chi connectivity index (χ2v) is 8.03. The van der Waals surface area contributed by atoms with E-state index in [0.717, 1.165) is 0 Å². The fourth-order valence-corrected chi connectivity index (χ4v) is 3.96. The fourth-order valence-electron chi connectivity index (χ4n) is 3.76. The van der Waals surface area contributed by atoms with Crippen molar-refractivity contribution in [1.82, 2.24) is 4.57 Å². The number of nitrogens with one attached hydrogen (secondary N) is 1. The smallest absolute Gasteiger partial charge is 0.356 e. The minimum atomic E-state index is -1.25. The Morgan fingerprint density at radius 2 is 1.63 bits per heavy atom. The second-order valence-electron chi connectivity index (χ2n) is 7.62. The number of carboxylic acid groups (broad SMARTS) is 1. The molecule has 176 valence electrons. The Balaban J connectivity index is 1.64. The maximum absolute atomic E-state index is 13.1. The molecule has 1 aromatic heterocycles. The molecule has 0 fully saturated rings. The number of ether oxygens (including phenoxy) is 1. The van der Waals surface area contributed by atoms with E-state index in [0.29, 0.717) is 21.9 Å². The molecule has 3 aromatic carbocycles. The molecule has 35 heavy (non-hydrogen) atoms. The van der Waals surface area contributed by atoms with Gasteiger partial charge >= 0.3 is 11.9 Å². The van der Waals surface area contributed by atoms with Crippen molar-refractivity contribution in [2.75, 3.05) is 11.9 Å². The van der Waals surface area contributed by atoms with Crippen molar-refractivity contribution in [3.63, 3.8) is 0 Å². The number of hydrogen-bond donors (Lipinski definition) is 2. The first-order chi connectivity index (χ1) is 16.8. The summed E-state index contributed by atoms with van der Waals surface area (Å²) in [6, 6.07) is 20.0. The van der Waals surface area contributed by atoms with Crippen molar-refractivity contribution in [1.29, 1.82) is 0 Å². The third-order valence-corrected chi connectivity index (χ3v) is 5.70. The SMILES string of the molecule is Cn1c(C(=O)OCC(=O)Nc2ccc(Cl)c(C(=O)O)c2)c(-c2ccccc2)c2ccccc2c1=O. The lowest BCUT2D eigenvalue weighted by molar-refractivity contribution is -0.119. The minimum Gasteiger partial charge on any atom is -0.478 e. The second kappa shape index (κ2) is 9.82. The number of rotatable bonds is 6. The summed E-state index contributed by atoms with van der Waals surface area (Å²) in [4.78, 5) is 49.7. The molecule has 0 aliphatic carbocycles. The molecule has 4 aromatic rings. The number of aromatic carboxylic acids is 1. The predicted molar refractivity (Wildman–Crippen MR) is 132 cm³/mol. The van der Waals surface area contributed by atoms with Gasteiger partial charge < -0.3 is 19.7 Å². The number of carbonyl (C=O) groups is 3. The molecule has 0 saturated carbocycles. The Morgan fingerprint density at radius 3 is 2.31 bits per heavy atom. The first-order valence-corrected chi connectivity index (χ1v) is 10.8. The number of amides is 1. The summed E-state index contributed by atoms with van der Waals surface area (Å²) in [5, 5.41) is 12.7. The monoisotopic (exact) mass is 490 g/mol. The van der Waals surface area contributed by atoms with Crippen LogP contribution in [-0.2, 0) is 16.6 Å². The van der Waals surface area contributed by atoms with Gasteiger partial charge in [-0.15, -0.1) is 0 Å². The highest BCUT2D eigenvalue weighted by molar-refractivity contribution is 6.33. The van der Waals surface area contributed by atoms with Gasteiger partial charge in [-0.2, -0.15) is 0 Å². The first kappa shape index (κ1) is 23.7. The van der Waals surface area contributed by atoms with Gasteiger partial charge in [0.15, 0.2) is 6.61 Å². The molecular weight excluding hydrogens is 472 g/mol. The minimum absolute atomic E-state index is 0.00681. The molecule has 0 spiro atoms. The van der Waals surface area contributed by atoms with E-state index in [4.69, 9.17) is 16.3 Å². The average Bonchev–Trinajstić information content (AvgIpc) is 2.86. The normalized spacial score (nSPS) is 10.7. The van der Waals surface area contributed by atoms with Crippen LogP contribution in [0.5, 0.6) is 0 Å². The van der Waals surface area contributed by atoms with Crippen LogP contribution in [0.25, 0.3) is 21.9 Å². The Labute approximate surface area is 204 Å². The summed E-state index contributed by atoms with van der Waals surface area (Å²) in [6.07, 6.45) is 0. The average molecular weight is 491 g/mol. The van der Waals surface area contributed by atoms with Crippen LogP contribution in [-0.4, -0.2) is 34.1 Å². The summed E-state index contributed by atoms with van der Waals surface area (Å²) < 4.78 is 6.47. The van der Waals surface area contributed by atoms with Gasteiger partial charge in [0.2, 0.25) is 0 Å². The molecule has 1 heterocycles. The zero-order valence-corrected chi connectivity index (χ0v) is 19.2. The number of hydrogen-bond acceptors (Lipinski definition) is 5. The van der Waals surface area contributed by atoms with Gasteiger partial charge in [-0.1, -0.05) is 60.1 Å². The highest BCUT2D eigenvalue weighted by Gasteiger charge is 2.23. The van der Waals surface area contributed by atoms with Crippen molar-refractivity contribution in [3.8, 4) is 11.1 Å². The lowest BCUT2D eigenvalue weighted by Gasteiger charge is -2.16. The van der Waals surface area contributed by atoms with Crippen molar-refractivity contribution in [2.45, 2.75) is 0 Å². The largest absolute Gasteiger partial charge is 0.478 e. The highest BCUT2D eigenvalue weighted by Crippen LogP contribution is 2.31. The molecule has 0 unspecified atom stereocenters. The van der Waals surface area contributed by atoms with Crippen LogP contribution >= 0.6 is 11.6 Å². The van der Waals surface area contributed by atoms with E-state index in [1.54, 1.807) is 24.3 Å². The fraction of sp³-hybridized carbons (Fsp3) is 0.0769. The number of pyridine rings is 1. The molecule has 0 aliphatic heterocycles. The predicted octanol–water partition coefficient (Wildman–Crippen LogP) is 4.35. The molecular formula is C26H19ClN2O6. The molecule has 4 rings (SSSR count). The number of aromatic nitrogens is 1. The maximum Gasteiger partial charge on any atom is 0.356 e. The van der Waals surface area contributed by atoms with Crippen LogP contribution in [0.4, 0.5) is 5.69 Å². The van der Waals surface area contributed by atoms with Crippen LogP contribution in [0.2, 0.25) is 5.02 Å². The van der Waals surface area contributed by atoms with Crippen molar-refractivity contribution in [2.24, 2.45) is 7.05 Å². The van der Waals surface area contributed by atoms with Gasteiger partial charge in [0.1, 0.15) is 5.69 Å². The molecule has 0 atom stereocenters. The van der Waals surface area contributed by atoms with Crippen LogP contribution in [0.15, 0.2) is 77.6 Å². The van der Waals surface area contributed by atoms with E-state index in [2.05, 4.69) is 5.32 Å². The van der Waals surface area contributed by atoms with Crippen LogP contribution in [0, 0.1) is 0 Å². The van der Waals surface area contributed by atoms with Gasteiger partial charge in [-0.3, -0.25) is 9.59 Å². The molecule has 9 heteroatoms. The molecule has 8 nitrogen and oxygen atoms in total. The van der Waals surface area contributed by atoms with Crippen molar-refractivity contribution < 1.29 is 24.2 Å². The summed E-state index contributed by atoms with van der Waals surface area (Å²) >= 11 is 5.84. The number of anilines is 1. The lowest BCUT2D eigenvalue weighted by Crippen LogP contribution is -2.28. The van der Waals surface area contributed by atoms with Gasteiger partial charge in [-0.05, 0) is 35.2 Å². The number of fused-ring (bicyclic) bond motifs is 1. The Bertz CT molecular complexity index is 1530. The topological polar surface area (TPSA) is 115 Å². The first-order valence-electron chi connectivity index (χ1n) is 10.4. The summed E-state index contributed by atoms with van der Waals surface area (Å²) in [6.45, 7) is -0.654. The lowest BCUT2D eigenvalue weighted by atomic mass is 9.97. The number of esters is 1. The Kier molecular flexibility index (Phi) is 6.66. The van der Waals surface area contributed by atoms with E-state index >= 15 is 0 Å². The number of benzene rings is 3. The number of carboxylic acids is 1. The summed E-state index contributed by atoms with van der Waals surface area (Å²) in [5.74, 6) is -2.79. The van der Waals surface area contributed by atoms with E-state index in [-0.39, 0.29) is 27.5 Å². The third kappa shape index (κ3) is 4.78. The Hall–Kier alpha value is -4.43. The van der Waals surface area contributed by atoms with Gasteiger partial charge in [0.05, 0.1) is 10.6 Å². The molecule has 0 saturated heterocycles. The summed E-state index contributed by atoms with van der Waals surface area (Å²) in [7, 11) is 1.47.